The van der Waals surface area contributed by atoms with Gasteiger partial charge in [-0.25, -0.2) is 4.98 Å². The molecule has 1 fully saturated rings. The molecule has 1 amide bonds. The molecule has 0 bridgehead atoms. The zero-order chi connectivity index (χ0) is 12.6. The van der Waals surface area contributed by atoms with Gasteiger partial charge in [0.1, 0.15) is 5.15 Å². The Labute approximate surface area is 105 Å². The summed E-state index contributed by atoms with van der Waals surface area (Å²) >= 11 is 5.81. The van der Waals surface area contributed by atoms with E-state index in [1.54, 1.807) is 24.0 Å². The van der Waals surface area contributed by atoms with Crippen LogP contribution in [0.5, 0.6) is 0 Å². The first-order chi connectivity index (χ1) is 7.93. The lowest BCUT2D eigenvalue weighted by Crippen LogP contribution is -2.63. The molecule has 0 unspecified atom stereocenters. The maximum atomic E-state index is 12.1. The van der Waals surface area contributed by atoms with Crippen molar-refractivity contribution in [2.75, 3.05) is 13.1 Å². The zero-order valence-corrected chi connectivity index (χ0v) is 10.7. The van der Waals surface area contributed by atoms with Crippen molar-refractivity contribution in [2.45, 2.75) is 25.9 Å². The molecule has 0 saturated carbocycles. The number of halogens is 1. The predicted molar refractivity (Wildman–Crippen MR) is 65.1 cm³/mol. The van der Waals surface area contributed by atoms with Crippen LogP contribution in [-0.2, 0) is 0 Å². The molecule has 4 nitrogen and oxygen atoms in total. The minimum Gasteiger partial charge on any atom is -0.386 e. The molecule has 1 N–H and O–H groups in total. The number of nitrogens with zero attached hydrogens (tertiary/aromatic N) is 2. The number of aryl methyl sites for hydroxylation is 1. The summed E-state index contributed by atoms with van der Waals surface area (Å²) in [4.78, 5) is 17.7. The van der Waals surface area contributed by atoms with E-state index in [9.17, 15) is 9.90 Å². The topological polar surface area (TPSA) is 53.4 Å². The van der Waals surface area contributed by atoms with Gasteiger partial charge in [0.05, 0.1) is 18.7 Å². The first-order valence-electron chi connectivity index (χ1n) is 5.59. The van der Waals surface area contributed by atoms with Crippen LogP contribution < -0.4 is 0 Å². The van der Waals surface area contributed by atoms with Crippen LogP contribution in [0.4, 0.5) is 0 Å². The minimum atomic E-state index is -0.707. The zero-order valence-electron chi connectivity index (χ0n) is 9.90. The average Bonchev–Trinajstić information content (AvgIpc) is 2.22. The summed E-state index contributed by atoms with van der Waals surface area (Å²) in [5.41, 5.74) is 0.536. The van der Waals surface area contributed by atoms with Crippen LogP contribution in [0.25, 0.3) is 0 Å². The van der Waals surface area contributed by atoms with Crippen molar-refractivity contribution in [2.24, 2.45) is 0 Å². The van der Waals surface area contributed by atoms with Crippen LogP contribution in [0.2, 0.25) is 5.15 Å². The number of aliphatic hydroxyl groups is 1. The Bertz CT molecular complexity index is 436. The van der Waals surface area contributed by atoms with Gasteiger partial charge < -0.3 is 10.0 Å². The molecule has 1 aliphatic rings. The molecule has 0 atom stereocenters. The largest absolute Gasteiger partial charge is 0.386 e. The number of hydrogen-bond acceptors (Lipinski definition) is 3. The van der Waals surface area contributed by atoms with E-state index in [0.717, 1.165) is 0 Å². The Morgan fingerprint density at radius 1 is 1.59 bits per heavy atom. The molecule has 1 saturated heterocycles. The van der Waals surface area contributed by atoms with Crippen molar-refractivity contribution in [1.82, 2.24) is 9.88 Å². The smallest absolute Gasteiger partial charge is 0.254 e. The molecule has 2 heterocycles. The molecule has 1 aliphatic heterocycles. The van der Waals surface area contributed by atoms with Crippen LogP contribution in [0, 0.1) is 6.92 Å². The first-order valence-corrected chi connectivity index (χ1v) is 5.97. The number of carbonyl (C=O) groups excluding carboxylic acids is 1. The SMILES string of the molecule is CCC1(O)CN(C(=O)c2cc(C)nc(Cl)c2)C1. The van der Waals surface area contributed by atoms with Gasteiger partial charge in [0.25, 0.3) is 5.91 Å². The standard InChI is InChI=1S/C12H15ClN2O2/c1-3-12(17)6-15(7-12)11(16)9-4-8(2)14-10(13)5-9/h4-5,17H,3,6-7H2,1-2H3. The van der Waals surface area contributed by atoms with E-state index in [1.807, 2.05) is 6.92 Å². The summed E-state index contributed by atoms with van der Waals surface area (Å²) in [6.45, 7) is 4.49. The van der Waals surface area contributed by atoms with E-state index in [4.69, 9.17) is 11.6 Å². The molecule has 2 rings (SSSR count). The van der Waals surface area contributed by atoms with Crippen LogP contribution in [0.1, 0.15) is 29.4 Å². The van der Waals surface area contributed by atoms with Crippen LogP contribution in [-0.4, -0.2) is 39.6 Å². The lowest BCUT2D eigenvalue weighted by atomic mass is 9.91. The molecule has 1 aromatic rings. The molecule has 1 aromatic heterocycles. The molecule has 0 aromatic carbocycles. The Kier molecular flexibility index (Phi) is 3.10. The Hall–Kier alpha value is -1.13. The lowest BCUT2D eigenvalue weighted by molar-refractivity contribution is -0.0826. The fraction of sp³-hybridized carbons (Fsp3) is 0.500. The summed E-state index contributed by atoms with van der Waals surface area (Å²) in [6.07, 6.45) is 0.660. The van der Waals surface area contributed by atoms with E-state index in [-0.39, 0.29) is 5.91 Å². The van der Waals surface area contributed by atoms with E-state index in [1.165, 1.54) is 0 Å². The highest BCUT2D eigenvalue weighted by molar-refractivity contribution is 6.29. The number of pyridine rings is 1. The van der Waals surface area contributed by atoms with Crippen molar-refractivity contribution in [3.63, 3.8) is 0 Å². The second kappa shape index (κ2) is 4.27. The van der Waals surface area contributed by atoms with E-state index >= 15 is 0 Å². The van der Waals surface area contributed by atoms with Gasteiger partial charge in [-0.05, 0) is 25.5 Å². The number of amides is 1. The summed E-state index contributed by atoms with van der Waals surface area (Å²) in [5.74, 6) is -0.101. The highest BCUT2D eigenvalue weighted by atomic mass is 35.5. The Morgan fingerprint density at radius 2 is 2.24 bits per heavy atom. The second-order valence-electron chi connectivity index (χ2n) is 4.56. The van der Waals surface area contributed by atoms with Crippen molar-refractivity contribution in [3.05, 3.63) is 28.5 Å². The maximum Gasteiger partial charge on any atom is 0.254 e. The second-order valence-corrected chi connectivity index (χ2v) is 4.95. The Balaban J connectivity index is 2.11. The fourth-order valence-electron chi connectivity index (χ4n) is 1.97. The average molecular weight is 255 g/mol. The summed E-state index contributed by atoms with van der Waals surface area (Å²) < 4.78 is 0. The van der Waals surface area contributed by atoms with Crippen molar-refractivity contribution >= 4 is 17.5 Å². The summed E-state index contributed by atoms with van der Waals surface area (Å²) in [7, 11) is 0. The van der Waals surface area contributed by atoms with E-state index in [0.29, 0.717) is 35.9 Å². The number of likely N-dealkylation sites (tertiary alicyclic amines) is 1. The molecule has 5 heteroatoms. The maximum absolute atomic E-state index is 12.1. The summed E-state index contributed by atoms with van der Waals surface area (Å²) in [5, 5.41) is 10.2. The third kappa shape index (κ3) is 2.42. The van der Waals surface area contributed by atoms with Crippen molar-refractivity contribution < 1.29 is 9.90 Å². The third-order valence-corrected chi connectivity index (χ3v) is 3.28. The van der Waals surface area contributed by atoms with Crippen molar-refractivity contribution in [1.29, 1.82) is 0 Å². The molecule has 92 valence electrons. The van der Waals surface area contributed by atoms with Gasteiger partial charge in [0.2, 0.25) is 0 Å². The van der Waals surface area contributed by atoms with Gasteiger partial charge in [0, 0.05) is 11.3 Å². The minimum absolute atomic E-state index is 0.101. The lowest BCUT2D eigenvalue weighted by Gasteiger charge is -2.46. The van der Waals surface area contributed by atoms with Crippen LogP contribution in [0.15, 0.2) is 12.1 Å². The molecule has 0 aliphatic carbocycles. The van der Waals surface area contributed by atoms with E-state index in [2.05, 4.69) is 4.98 Å². The summed E-state index contributed by atoms with van der Waals surface area (Å²) in [6, 6.07) is 3.26. The van der Waals surface area contributed by atoms with Crippen LogP contribution >= 0.6 is 11.6 Å². The number of rotatable bonds is 2. The van der Waals surface area contributed by atoms with Gasteiger partial charge in [-0.1, -0.05) is 18.5 Å². The number of hydrogen-bond donors (Lipinski definition) is 1. The van der Waals surface area contributed by atoms with E-state index < -0.39 is 5.60 Å². The highest BCUT2D eigenvalue weighted by Crippen LogP contribution is 2.26. The monoisotopic (exact) mass is 254 g/mol. The highest BCUT2D eigenvalue weighted by Gasteiger charge is 2.42. The quantitative estimate of drug-likeness (QED) is 0.817. The molecular formula is C12H15ClN2O2. The molecule has 0 radical (unpaired) electrons. The van der Waals surface area contributed by atoms with Gasteiger partial charge in [0.15, 0.2) is 0 Å². The van der Waals surface area contributed by atoms with Gasteiger partial charge in [-0.3, -0.25) is 4.79 Å². The molecule has 0 spiro atoms. The predicted octanol–water partition coefficient (Wildman–Crippen LogP) is 1.64. The number of β-amino-alcohol motifs (C(OH)–C–C–N with tert-alkyl or cyclic N) is 1. The van der Waals surface area contributed by atoms with Gasteiger partial charge >= 0.3 is 0 Å². The van der Waals surface area contributed by atoms with Crippen molar-refractivity contribution in [3.8, 4) is 0 Å². The molecular weight excluding hydrogens is 240 g/mol. The molecule has 17 heavy (non-hydrogen) atoms. The Morgan fingerprint density at radius 3 is 2.76 bits per heavy atom. The fourth-order valence-corrected chi connectivity index (χ4v) is 2.22. The number of aromatic nitrogens is 1. The van der Waals surface area contributed by atoms with Crippen LogP contribution in [0.3, 0.4) is 0 Å². The third-order valence-electron chi connectivity index (χ3n) is 3.08. The van der Waals surface area contributed by atoms with Gasteiger partial charge in [-0.15, -0.1) is 0 Å². The normalized spacial score (nSPS) is 17.8. The first kappa shape index (κ1) is 12.3. The number of carbonyl (C=O) groups is 1. The van der Waals surface area contributed by atoms with Gasteiger partial charge in [-0.2, -0.15) is 0 Å².